The van der Waals surface area contributed by atoms with Gasteiger partial charge < -0.3 is 14.9 Å². The van der Waals surface area contributed by atoms with Crippen LogP contribution in [0.4, 0.5) is 0 Å². The van der Waals surface area contributed by atoms with E-state index in [-0.39, 0.29) is 19.1 Å². The zero-order chi connectivity index (χ0) is 13.1. The number of hydrogen-bond donors (Lipinski definition) is 2. The molecule has 1 unspecified atom stereocenters. The Balaban J connectivity index is 2.76. The van der Waals surface area contributed by atoms with Gasteiger partial charge in [0, 0.05) is 10.0 Å². The van der Waals surface area contributed by atoms with Gasteiger partial charge in [0.1, 0.15) is 12.4 Å². The fourth-order valence-corrected chi connectivity index (χ4v) is 1.61. The molecule has 0 fully saturated rings. The normalized spacial score (nSPS) is 14.8. The molecule has 17 heavy (non-hydrogen) atoms. The van der Waals surface area contributed by atoms with Crippen LogP contribution in [0, 0.1) is 5.92 Å². The predicted molar refractivity (Wildman–Crippen MR) is 71.0 cm³/mol. The van der Waals surface area contributed by atoms with Crippen molar-refractivity contribution in [1.29, 1.82) is 0 Å². The Morgan fingerprint density at radius 1 is 1.41 bits per heavy atom. The highest BCUT2D eigenvalue weighted by Gasteiger charge is 2.26. The summed E-state index contributed by atoms with van der Waals surface area (Å²) >= 11 is 3.33. The molecule has 1 aromatic carbocycles. The van der Waals surface area contributed by atoms with Crippen LogP contribution in [-0.2, 0) is 6.61 Å². The van der Waals surface area contributed by atoms with Crippen molar-refractivity contribution >= 4 is 15.9 Å². The molecule has 0 aliphatic carbocycles. The third-order valence-electron chi connectivity index (χ3n) is 2.96. The van der Waals surface area contributed by atoms with E-state index in [4.69, 9.17) is 4.74 Å². The molecule has 1 aromatic rings. The number of halogens is 1. The minimum Gasteiger partial charge on any atom is -0.490 e. The summed E-state index contributed by atoms with van der Waals surface area (Å²) in [5, 5.41) is 19.3. The van der Waals surface area contributed by atoms with Crippen LogP contribution >= 0.6 is 15.9 Å². The minimum atomic E-state index is -0.875. The summed E-state index contributed by atoms with van der Waals surface area (Å²) in [5.74, 6) is 0.715. The van der Waals surface area contributed by atoms with E-state index in [1.807, 2.05) is 19.9 Å². The molecule has 0 radical (unpaired) electrons. The van der Waals surface area contributed by atoms with Gasteiger partial charge in [-0.15, -0.1) is 0 Å². The lowest BCUT2D eigenvalue weighted by Crippen LogP contribution is -2.37. The lowest BCUT2D eigenvalue weighted by Gasteiger charge is -2.27. The number of hydrogen-bond acceptors (Lipinski definition) is 3. The summed E-state index contributed by atoms with van der Waals surface area (Å²) in [6, 6.07) is 5.43. The fourth-order valence-electron chi connectivity index (χ4n) is 1.20. The number of rotatable bonds is 5. The van der Waals surface area contributed by atoms with Gasteiger partial charge in [-0.05, 0) is 31.0 Å². The molecule has 96 valence electrons. The monoisotopic (exact) mass is 302 g/mol. The molecular formula is C13H19BrO3. The van der Waals surface area contributed by atoms with Crippen molar-refractivity contribution in [1.82, 2.24) is 0 Å². The molecule has 0 aliphatic heterocycles. The summed E-state index contributed by atoms with van der Waals surface area (Å²) in [6.45, 7) is 5.75. The van der Waals surface area contributed by atoms with Crippen LogP contribution in [0.1, 0.15) is 26.3 Å². The molecule has 4 heteroatoms. The first-order valence-corrected chi connectivity index (χ1v) is 6.40. The summed E-state index contributed by atoms with van der Waals surface area (Å²) in [6.07, 6.45) is 0. The molecule has 0 heterocycles. The number of benzene rings is 1. The average molecular weight is 303 g/mol. The Labute approximate surface area is 111 Å². The highest BCUT2D eigenvalue weighted by Crippen LogP contribution is 2.25. The molecule has 1 rings (SSSR count). The molecule has 0 bridgehead atoms. The van der Waals surface area contributed by atoms with Crippen molar-refractivity contribution in [2.45, 2.75) is 33.0 Å². The highest BCUT2D eigenvalue weighted by atomic mass is 79.9. The van der Waals surface area contributed by atoms with Crippen molar-refractivity contribution in [3.05, 3.63) is 28.2 Å². The van der Waals surface area contributed by atoms with Crippen molar-refractivity contribution in [2.75, 3.05) is 6.61 Å². The smallest absolute Gasteiger partial charge is 0.125 e. The Morgan fingerprint density at radius 3 is 2.59 bits per heavy atom. The van der Waals surface area contributed by atoms with E-state index in [9.17, 15) is 10.2 Å². The van der Waals surface area contributed by atoms with Crippen LogP contribution in [0.15, 0.2) is 22.7 Å². The maximum Gasteiger partial charge on any atom is 0.125 e. The van der Waals surface area contributed by atoms with Gasteiger partial charge in [0.2, 0.25) is 0 Å². The molecule has 0 aromatic heterocycles. The summed E-state index contributed by atoms with van der Waals surface area (Å²) in [4.78, 5) is 0. The van der Waals surface area contributed by atoms with Gasteiger partial charge in [-0.2, -0.15) is 0 Å². The average Bonchev–Trinajstić information content (AvgIpc) is 2.27. The number of aliphatic hydroxyl groups excluding tert-OH is 1. The zero-order valence-corrected chi connectivity index (χ0v) is 12.0. The second-order valence-corrected chi connectivity index (χ2v) is 5.63. The first kappa shape index (κ1) is 14.5. The van der Waals surface area contributed by atoms with Crippen molar-refractivity contribution in [3.8, 4) is 5.75 Å². The summed E-state index contributed by atoms with van der Waals surface area (Å²) in [5.41, 5.74) is -0.168. The molecule has 0 saturated heterocycles. The third kappa shape index (κ3) is 3.98. The van der Waals surface area contributed by atoms with E-state index in [2.05, 4.69) is 15.9 Å². The van der Waals surface area contributed by atoms with Gasteiger partial charge in [0.05, 0.1) is 12.2 Å². The van der Waals surface area contributed by atoms with E-state index in [1.54, 1.807) is 19.1 Å². The van der Waals surface area contributed by atoms with Crippen molar-refractivity contribution < 1.29 is 14.9 Å². The SMILES string of the molecule is CC(C)C(C)(O)COc1ccc(Br)cc1CO. The summed E-state index contributed by atoms with van der Waals surface area (Å²) < 4.78 is 6.47. The third-order valence-corrected chi connectivity index (χ3v) is 3.45. The van der Waals surface area contributed by atoms with Gasteiger partial charge >= 0.3 is 0 Å². The first-order chi connectivity index (χ1) is 7.86. The fraction of sp³-hybridized carbons (Fsp3) is 0.538. The van der Waals surface area contributed by atoms with Crippen molar-refractivity contribution in [3.63, 3.8) is 0 Å². The van der Waals surface area contributed by atoms with Crippen LogP contribution in [0.25, 0.3) is 0 Å². The number of aliphatic hydroxyl groups is 2. The van der Waals surface area contributed by atoms with Crippen LogP contribution in [-0.4, -0.2) is 22.4 Å². The zero-order valence-electron chi connectivity index (χ0n) is 10.4. The standard InChI is InChI=1S/C13H19BrO3/c1-9(2)13(3,16)8-17-12-5-4-11(14)6-10(12)7-15/h4-6,9,15-16H,7-8H2,1-3H3. The highest BCUT2D eigenvalue weighted by molar-refractivity contribution is 9.10. The molecule has 1 atom stereocenters. The lowest BCUT2D eigenvalue weighted by molar-refractivity contribution is -0.0271. The van der Waals surface area contributed by atoms with Gasteiger partial charge in [-0.3, -0.25) is 0 Å². The minimum absolute atomic E-state index is 0.0847. The van der Waals surface area contributed by atoms with Crippen LogP contribution in [0.3, 0.4) is 0 Å². The molecule has 3 nitrogen and oxygen atoms in total. The molecule has 0 saturated carbocycles. The summed E-state index contributed by atoms with van der Waals surface area (Å²) in [7, 11) is 0. The Kier molecular flexibility index (Phi) is 4.98. The van der Waals surface area contributed by atoms with Crippen LogP contribution in [0.5, 0.6) is 5.75 Å². The van der Waals surface area contributed by atoms with E-state index >= 15 is 0 Å². The second-order valence-electron chi connectivity index (χ2n) is 4.71. The first-order valence-electron chi connectivity index (χ1n) is 5.61. The molecular weight excluding hydrogens is 284 g/mol. The van der Waals surface area contributed by atoms with E-state index in [0.29, 0.717) is 11.3 Å². The topological polar surface area (TPSA) is 49.7 Å². The van der Waals surface area contributed by atoms with E-state index in [0.717, 1.165) is 4.47 Å². The Bertz CT molecular complexity index is 375. The molecule has 0 aliphatic rings. The van der Waals surface area contributed by atoms with Crippen LogP contribution < -0.4 is 4.74 Å². The van der Waals surface area contributed by atoms with Crippen molar-refractivity contribution in [2.24, 2.45) is 5.92 Å². The number of ether oxygens (including phenoxy) is 1. The second kappa shape index (κ2) is 5.85. The van der Waals surface area contributed by atoms with Gasteiger partial charge in [0.25, 0.3) is 0 Å². The largest absolute Gasteiger partial charge is 0.490 e. The molecule has 0 amide bonds. The maximum absolute atomic E-state index is 10.1. The molecule has 2 N–H and O–H groups in total. The van der Waals surface area contributed by atoms with Gasteiger partial charge in [-0.25, -0.2) is 0 Å². The maximum atomic E-state index is 10.1. The van der Waals surface area contributed by atoms with Crippen LogP contribution in [0.2, 0.25) is 0 Å². The van der Waals surface area contributed by atoms with E-state index < -0.39 is 5.60 Å². The Morgan fingerprint density at radius 2 is 2.06 bits per heavy atom. The van der Waals surface area contributed by atoms with Gasteiger partial charge in [-0.1, -0.05) is 29.8 Å². The van der Waals surface area contributed by atoms with Gasteiger partial charge in [0.15, 0.2) is 0 Å². The quantitative estimate of drug-likeness (QED) is 0.879. The lowest BCUT2D eigenvalue weighted by atomic mass is 9.94. The van der Waals surface area contributed by atoms with E-state index in [1.165, 1.54) is 0 Å². The molecule has 0 spiro atoms. The Hall–Kier alpha value is -0.580. The predicted octanol–water partition coefficient (Wildman–Crippen LogP) is 2.73.